The van der Waals surface area contributed by atoms with Crippen molar-refractivity contribution in [3.63, 3.8) is 0 Å². The predicted octanol–water partition coefficient (Wildman–Crippen LogP) is 3.39. The van der Waals surface area contributed by atoms with E-state index in [0.717, 1.165) is 11.1 Å². The van der Waals surface area contributed by atoms with Crippen molar-refractivity contribution >= 4 is 10.0 Å². The van der Waals surface area contributed by atoms with Gasteiger partial charge in [-0.1, -0.05) is 0 Å². The van der Waals surface area contributed by atoms with Gasteiger partial charge in [0.2, 0.25) is 10.0 Å². The van der Waals surface area contributed by atoms with E-state index in [1.54, 1.807) is 42.7 Å². The number of nitrogens with two attached hydrogens (primary N) is 1. The third-order valence-electron chi connectivity index (χ3n) is 4.21. The molecule has 0 amide bonds. The van der Waals surface area contributed by atoms with Gasteiger partial charge in [0, 0.05) is 35.4 Å². The fourth-order valence-corrected chi connectivity index (χ4v) is 3.35. The number of sulfonamides is 1. The highest BCUT2D eigenvalue weighted by atomic mass is 32.2. The van der Waals surface area contributed by atoms with Gasteiger partial charge in [-0.15, -0.1) is 0 Å². The highest BCUT2D eigenvalue weighted by Crippen LogP contribution is 2.28. The van der Waals surface area contributed by atoms with Crippen molar-refractivity contribution in [2.24, 2.45) is 5.14 Å². The Morgan fingerprint density at radius 2 is 1.64 bits per heavy atom. The molecule has 2 aromatic carbocycles. The van der Waals surface area contributed by atoms with Crippen LogP contribution in [0.1, 0.15) is 0 Å². The van der Waals surface area contributed by atoms with Gasteiger partial charge in [0.05, 0.1) is 10.6 Å². The Labute approximate surface area is 161 Å². The monoisotopic (exact) mass is 394 g/mol. The lowest BCUT2D eigenvalue weighted by molar-refractivity contribution is 0.598. The zero-order valence-corrected chi connectivity index (χ0v) is 15.3. The van der Waals surface area contributed by atoms with Gasteiger partial charge in [0.1, 0.15) is 11.6 Å². The Hall–Kier alpha value is -3.36. The van der Waals surface area contributed by atoms with E-state index >= 15 is 0 Å². The molecule has 0 aliphatic carbocycles. The molecule has 8 heteroatoms. The fourth-order valence-electron chi connectivity index (χ4n) is 2.83. The van der Waals surface area contributed by atoms with Crippen LogP contribution in [0.25, 0.3) is 28.3 Å². The van der Waals surface area contributed by atoms with Gasteiger partial charge in [-0.3, -0.25) is 9.55 Å². The number of imidazole rings is 1. The van der Waals surface area contributed by atoms with Crippen molar-refractivity contribution < 1.29 is 12.8 Å². The number of hydrogen-bond donors (Lipinski definition) is 1. The highest BCUT2D eigenvalue weighted by Gasteiger charge is 2.14. The molecule has 0 radical (unpaired) electrons. The maximum absolute atomic E-state index is 13.3. The molecular weight excluding hydrogens is 379 g/mol. The average Bonchev–Trinajstić information content (AvgIpc) is 3.14. The minimum absolute atomic E-state index is 0.0260. The van der Waals surface area contributed by atoms with Crippen LogP contribution in [-0.2, 0) is 10.0 Å². The number of aromatic nitrogens is 3. The smallest absolute Gasteiger partial charge is 0.238 e. The Balaban J connectivity index is 1.86. The zero-order chi connectivity index (χ0) is 19.7. The molecule has 0 spiro atoms. The second-order valence-corrected chi connectivity index (χ2v) is 7.67. The normalized spacial score (nSPS) is 11.5. The van der Waals surface area contributed by atoms with Gasteiger partial charge in [0.25, 0.3) is 0 Å². The molecule has 0 aliphatic rings. The predicted molar refractivity (Wildman–Crippen MR) is 104 cm³/mol. The molecule has 4 rings (SSSR count). The summed E-state index contributed by atoms with van der Waals surface area (Å²) in [4.78, 5) is 8.85. The maximum atomic E-state index is 13.3. The van der Waals surface area contributed by atoms with E-state index in [1.807, 2.05) is 16.8 Å². The first-order valence-electron chi connectivity index (χ1n) is 8.31. The Morgan fingerprint density at radius 3 is 2.25 bits per heavy atom. The second kappa shape index (κ2) is 6.99. The summed E-state index contributed by atoms with van der Waals surface area (Å²) < 4.78 is 38.1. The molecule has 0 fully saturated rings. The molecule has 28 heavy (non-hydrogen) atoms. The van der Waals surface area contributed by atoms with Crippen molar-refractivity contribution in [3.8, 4) is 28.3 Å². The van der Waals surface area contributed by atoms with Gasteiger partial charge in [-0.25, -0.2) is 22.9 Å². The average molecular weight is 394 g/mol. The first-order chi connectivity index (χ1) is 13.4. The van der Waals surface area contributed by atoms with Crippen molar-refractivity contribution in [2.45, 2.75) is 4.90 Å². The lowest BCUT2D eigenvalue weighted by atomic mass is 10.2. The summed E-state index contributed by atoms with van der Waals surface area (Å²) in [6.07, 6.45) is 5.16. The van der Waals surface area contributed by atoms with Crippen LogP contribution in [0.4, 0.5) is 4.39 Å². The molecule has 6 nitrogen and oxygen atoms in total. The van der Waals surface area contributed by atoms with Gasteiger partial charge >= 0.3 is 0 Å². The number of rotatable bonds is 4. The number of hydrogen-bond acceptors (Lipinski definition) is 4. The summed E-state index contributed by atoms with van der Waals surface area (Å²) in [5.74, 6) is 0.296. The summed E-state index contributed by atoms with van der Waals surface area (Å²) in [6, 6.07) is 15.9. The number of benzene rings is 2. The van der Waals surface area contributed by atoms with Crippen LogP contribution in [0.3, 0.4) is 0 Å². The van der Waals surface area contributed by atoms with Crippen molar-refractivity contribution in [2.75, 3.05) is 0 Å². The van der Waals surface area contributed by atoms with Crippen LogP contribution in [0.2, 0.25) is 0 Å². The summed E-state index contributed by atoms with van der Waals surface area (Å²) in [5.41, 5.74) is 2.89. The second-order valence-electron chi connectivity index (χ2n) is 6.11. The molecule has 0 saturated heterocycles. The summed E-state index contributed by atoms with van der Waals surface area (Å²) in [5, 5.41) is 5.17. The van der Waals surface area contributed by atoms with Gasteiger partial charge in [-0.2, -0.15) is 0 Å². The van der Waals surface area contributed by atoms with Crippen LogP contribution < -0.4 is 5.14 Å². The van der Waals surface area contributed by atoms with E-state index in [9.17, 15) is 12.8 Å². The highest BCUT2D eigenvalue weighted by molar-refractivity contribution is 7.89. The SMILES string of the molecule is NS(=O)(=O)c1ccc(-n2cc(-c3ccc(F)cc3)nc2-c2cccnc2)cc1. The Kier molecular flexibility index (Phi) is 4.50. The van der Waals surface area contributed by atoms with Crippen LogP contribution in [-0.4, -0.2) is 23.0 Å². The largest absolute Gasteiger partial charge is 0.299 e. The Bertz CT molecular complexity index is 1220. The number of pyridine rings is 1. The van der Waals surface area contributed by atoms with Gasteiger partial charge in [-0.05, 0) is 60.7 Å². The summed E-state index contributed by atoms with van der Waals surface area (Å²) >= 11 is 0. The van der Waals surface area contributed by atoms with Crippen LogP contribution >= 0.6 is 0 Å². The molecule has 0 unspecified atom stereocenters. The molecule has 2 N–H and O–H groups in total. The van der Waals surface area contributed by atoms with Crippen LogP contribution in [0.15, 0.2) is 84.1 Å². The van der Waals surface area contributed by atoms with E-state index in [2.05, 4.69) is 9.97 Å². The molecule has 0 saturated carbocycles. The van der Waals surface area contributed by atoms with Gasteiger partial charge in [0.15, 0.2) is 0 Å². The molecule has 2 heterocycles. The lowest BCUT2D eigenvalue weighted by Gasteiger charge is -2.08. The lowest BCUT2D eigenvalue weighted by Crippen LogP contribution is -2.12. The van der Waals surface area contributed by atoms with Crippen molar-refractivity contribution in [3.05, 3.63) is 85.1 Å². The molecule has 0 atom stereocenters. The van der Waals surface area contributed by atoms with Crippen molar-refractivity contribution in [1.29, 1.82) is 0 Å². The topological polar surface area (TPSA) is 90.9 Å². The number of primary sulfonamides is 1. The van der Waals surface area contributed by atoms with E-state index in [1.165, 1.54) is 24.3 Å². The first kappa shape index (κ1) is 18.0. The van der Waals surface area contributed by atoms with Crippen molar-refractivity contribution in [1.82, 2.24) is 14.5 Å². The first-order valence-corrected chi connectivity index (χ1v) is 9.85. The van der Waals surface area contributed by atoms with E-state index < -0.39 is 10.0 Å². The minimum atomic E-state index is -3.78. The molecule has 0 bridgehead atoms. The summed E-state index contributed by atoms with van der Waals surface area (Å²) in [6.45, 7) is 0. The van der Waals surface area contributed by atoms with Gasteiger partial charge < -0.3 is 0 Å². The molecule has 140 valence electrons. The summed E-state index contributed by atoms with van der Waals surface area (Å²) in [7, 11) is -3.78. The third-order valence-corrected chi connectivity index (χ3v) is 5.14. The zero-order valence-electron chi connectivity index (χ0n) is 14.5. The quantitative estimate of drug-likeness (QED) is 0.574. The van der Waals surface area contributed by atoms with E-state index in [0.29, 0.717) is 17.2 Å². The molecule has 2 aromatic heterocycles. The van der Waals surface area contributed by atoms with Crippen LogP contribution in [0, 0.1) is 5.82 Å². The molecule has 4 aromatic rings. The number of nitrogens with zero attached hydrogens (tertiary/aromatic N) is 3. The molecule has 0 aliphatic heterocycles. The number of halogens is 1. The molecular formula is C20H15FN4O2S. The minimum Gasteiger partial charge on any atom is -0.299 e. The third kappa shape index (κ3) is 3.55. The fraction of sp³-hybridized carbons (Fsp3) is 0. The van der Waals surface area contributed by atoms with E-state index in [4.69, 9.17) is 5.14 Å². The Morgan fingerprint density at radius 1 is 0.929 bits per heavy atom. The van der Waals surface area contributed by atoms with Crippen LogP contribution in [0.5, 0.6) is 0 Å². The van der Waals surface area contributed by atoms with E-state index in [-0.39, 0.29) is 10.7 Å². The maximum Gasteiger partial charge on any atom is 0.238 e. The standard InChI is InChI=1S/C20H15FN4O2S/c21-16-5-3-14(4-6-16)19-13-25(20(24-19)15-2-1-11-23-12-15)17-7-9-18(10-8-17)28(22,26)27/h1-13H,(H2,22,26,27).